The summed E-state index contributed by atoms with van der Waals surface area (Å²) >= 11 is 0. The van der Waals surface area contributed by atoms with Crippen LogP contribution in [-0.2, 0) is 22.3 Å². The Balaban J connectivity index is 0.00000205. The average Bonchev–Trinajstić information content (AvgIpc) is 3.60. The average molecular weight is 553 g/mol. The largest absolute Gasteiger partial charge is 0.484 e. The summed E-state index contributed by atoms with van der Waals surface area (Å²) in [7, 11) is 0. The van der Waals surface area contributed by atoms with Gasteiger partial charge in [0.2, 0.25) is 5.91 Å². The van der Waals surface area contributed by atoms with Gasteiger partial charge in [-0.2, -0.15) is 17.9 Å². The zero-order valence-electron chi connectivity index (χ0n) is 22.5. The van der Waals surface area contributed by atoms with Crippen molar-refractivity contribution in [1.82, 2.24) is 24.5 Å². The summed E-state index contributed by atoms with van der Waals surface area (Å²) in [5.74, 6) is -0.268. The number of ether oxygens (including phenoxy) is 1. The molecule has 0 unspecified atom stereocenters. The number of anilines is 1. The van der Waals surface area contributed by atoms with Gasteiger partial charge in [0, 0.05) is 65.0 Å². The van der Waals surface area contributed by atoms with Crippen LogP contribution in [0, 0.1) is 0 Å². The number of alkyl halides is 3. The number of nitrogens with zero attached hydrogens (tertiary/aromatic N) is 5. The van der Waals surface area contributed by atoms with Crippen molar-refractivity contribution < 1.29 is 32.3 Å². The molecule has 2 saturated heterocycles. The van der Waals surface area contributed by atoms with Crippen LogP contribution in [0.3, 0.4) is 0 Å². The van der Waals surface area contributed by atoms with Crippen molar-refractivity contribution in [3.63, 3.8) is 0 Å². The Bertz CT molecular complexity index is 1140. The summed E-state index contributed by atoms with van der Waals surface area (Å²) in [6, 6.07) is 4.68. The summed E-state index contributed by atoms with van der Waals surface area (Å²) in [4.78, 5) is 41.3. The molecule has 2 aliphatic heterocycles. The van der Waals surface area contributed by atoms with E-state index in [4.69, 9.17) is 4.74 Å². The van der Waals surface area contributed by atoms with Gasteiger partial charge in [-0.3, -0.25) is 14.5 Å². The van der Waals surface area contributed by atoms with Gasteiger partial charge in [-0.1, -0.05) is 13.8 Å². The van der Waals surface area contributed by atoms with Crippen LogP contribution in [0.4, 0.5) is 23.8 Å². The normalized spacial score (nSPS) is 15.9. The molecule has 13 heteroatoms. The van der Waals surface area contributed by atoms with Crippen LogP contribution < -0.4 is 10.1 Å². The van der Waals surface area contributed by atoms with Crippen LogP contribution in [0.25, 0.3) is 0 Å². The second-order valence-corrected chi connectivity index (χ2v) is 9.11. The van der Waals surface area contributed by atoms with Crippen molar-refractivity contribution >= 4 is 23.7 Å². The fourth-order valence-corrected chi connectivity index (χ4v) is 4.38. The summed E-state index contributed by atoms with van der Waals surface area (Å²) in [6.45, 7) is 8.17. The smallest absolute Gasteiger partial charge is 0.416 e. The molecule has 0 aliphatic carbocycles. The number of amides is 3. The molecule has 1 aromatic heterocycles. The Kier molecular flexibility index (Phi) is 10.3. The van der Waals surface area contributed by atoms with Gasteiger partial charge < -0.3 is 19.9 Å². The van der Waals surface area contributed by atoms with E-state index in [1.807, 2.05) is 18.7 Å². The molecule has 1 aromatic carbocycles. The molecular weight excluding hydrogens is 517 g/mol. The molecule has 10 nitrogen and oxygen atoms in total. The third-order valence-electron chi connectivity index (χ3n) is 6.25. The fourth-order valence-electron chi connectivity index (χ4n) is 4.38. The predicted octanol–water partition coefficient (Wildman–Crippen LogP) is 3.67. The first-order valence-electron chi connectivity index (χ1n) is 13.0. The molecule has 4 rings (SSSR count). The van der Waals surface area contributed by atoms with E-state index in [1.54, 1.807) is 9.80 Å². The van der Waals surface area contributed by atoms with E-state index in [-0.39, 0.29) is 42.6 Å². The summed E-state index contributed by atoms with van der Waals surface area (Å²) in [6.07, 6.45) is -1.27. The zero-order chi connectivity index (χ0) is 28.6. The number of halogens is 3. The van der Waals surface area contributed by atoms with Crippen molar-refractivity contribution in [3.05, 3.63) is 41.6 Å². The third kappa shape index (κ3) is 8.44. The summed E-state index contributed by atoms with van der Waals surface area (Å²) < 4.78 is 47.2. The highest BCUT2D eigenvalue weighted by Crippen LogP contribution is 2.33. The first-order chi connectivity index (χ1) is 18.6. The maximum Gasteiger partial charge on any atom is 0.416 e. The Labute approximate surface area is 225 Å². The molecule has 0 bridgehead atoms. The molecule has 214 valence electrons. The van der Waals surface area contributed by atoms with Gasteiger partial charge in [-0.25, -0.2) is 4.79 Å². The molecule has 0 radical (unpaired) electrons. The Hall–Kier alpha value is -3.61. The number of aromatic nitrogens is 2. The highest BCUT2D eigenvalue weighted by molar-refractivity contribution is 5.88. The molecule has 0 atom stereocenters. The standard InChI is InChI=1S/C24H29F3N6O4.C2H6/c1-17(34)28-21-4-7-33(29-21)23(36)32-10-8-30(9-11-32)15-18-12-19(24(25,26)27)14-20(13-18)37-16-22(35)31-5-2-3-6-31;1-2/h4,7,12-14H,2-3,5-6,8-11,15-16H2,1H3,(H,28,29,34);1-2H3. The molecule has 0 saturated carbocycles. The van der Waals surface area contributed by atoms with Gasteiger partial charge in [-0.15, -0.1) is 5.10 Å². The predicted molar refractivity (Wildman–Crippen MR) is 138 cm³/mol. The highest BCUT2D eigenvalue weighted by atomic mass is 19.4. The van der Waals surface area contributed by atoms with Crippen molar-refractivity contribution in [2.24, 2.45) is 0 Å². The lowest BCUT2D eigenvalue weighted by Gasteiger charge is -2.34. The SMILES string of the molecule is CC.CC(=O)Nc1ccn(C(=O)N2CCN(Cc3cc(OCC(=O)N4CCCC4)cc(C(F)(F)F)c3)CC2)n1. The maximum atomic E-state index is 13.5. The molecule has 2 aliphatic rings. The Morgan fingerprint density at radius 1 is 0.974 bits per heavy atom. The quantitative estimate of drug-likeness (QED) is 0.587. The van der Waals surface area contributed by atoms with Crippen molar-refractivity contribution in [2.45, 2.75) is 46.3 Å². The molecule has 3 amide bonds. The topological polar surface area (TPSA) is 100 Å². The first-order valence-corrected chi connectivity index (χ1v) is 13.0. The second-order valence-electron chi connectivity index (χ2n) is 9.11. The highest BCUT2D eigenvalue weighted by Gasteiger charge is 2.32. The van der Waals surface area contributed by atoms with Crippen LogP contribution in [0.5, 0.6) is 5.75 Å². The number of nitrogens with one attached hydrogen (secondary N) is 1. The van der Waals surface area contributed by atoms with E-state index in [1.165, 1.54) is 25.3 Å². The minimum Gasteiger partial charge on any atom is -0.484 e. The van der Waals surface area contributed by atoms with Crippen LogP contribution in [0.1, 0.15) is 44.7 Å². The summed E-state index contributed by atoms with van der Waals surface area (Å²) in [5.41, 5.74) is -0.429. The van der Waals surface area contributed by atoms with E-state index in [0.717, 1.165) is 29.7 Å². The Morgan fingerprint density at radius 2 is 1.64 bits per heavy atom. The lowest BCUT2D eigenvalue weighted by Crippen LogP contribution is -2.49. The monoisotopic (exact) mass is 552 g/mol. The third-order valence-corrected chi connectivity index (χ3v) is 6.25. The molecule has 39 heavy (non-hydrogen) atoms. The second kappa shape index (κ2) is 13.5. The van der Waals surface area contributed by atoms with Gasteiger partial charge in [0.1, 0.15) is 5.75 Å². The molecule has 3 heterocycles. The van der Waals surface area contributed by atoms with Crippen molar-refractivity contribution in [3.8, 4) is 5.75 Å². The van der Waals surface area contributed by atoms with Crippen molar-refractivity contribution in [2.75, 3.05) is 51.2 Å². The van der Waals surface area contributed by atoms with Gasteiger partial charge in [-0.05, 0) is 36.6 Å². The molecular formula is C26H35F3N6O4. The van der Waals surface area contributed by atoms with Gasteiger partial charge in [0.25, 0.3) is 5.91 Å². The number of carbonyl (C=O) groups excluding carboxylic acids is 3. The molecule has 2 fully saturated rings. The van der Waals surface area contributed by atoms with E-state index >= 15 is 0 Å². The van der Waals surface area contributed by atoms with E-state index in [2.05, 4.69) is 10.4 Å². The number of likely N-dealkylation sites (tertiary alicyclic amines) is 1. The van der Waals surface area contributed by atoms with Gasteiger partial charge in [0.15, 0.2) is 12.4 Å². The number of hydrogen-bond acceptors (Lipinski definition) is 6. The number of rotatable bonds is 6. The lowest BCUT2D eigenvalue weighted by molar-refractivity contribution is -0.137. The van der Waals surface area contributed by atoms with E-state index in [0.29, 0.717) is 44.8 Å². The molecule has 2 aromatic rings. The van der Waals surface area contributed by atoms with Crippen LogP contribution in [0.15, 0.2) is 30.5 Å². The minimum atomic E-state index is -4.56. The Morgan fingerprint density at radius 3 is 2.26 bits per heavy atom. The van der Waals surface area contributed by atoms with Gasteiger partial charge >= 0.3 is 12.2 Å². The van der Waals surface area contributed by atoms with Crippen LogP contribution in [-0.4, -0.2) is 88.2 Å². The number of benzene rings is 1. The van der Waals surface area contributed by atoms with E-state index < -0.39 is 11.7 Å². The number of hydrogen-bond donors (Lipinski definition) is 1. The maximum absolute atomic E-state index is 13.5. The number of carbonyl (C=O) groups is 3. The first kappa shape index (κ1) is 29.9. The fraction of sp³-hybridized carbons (Fsp3) is 0.538. The lowest BCUT2D eigenvalue weighted by atomic mass is 10.1. The minimum absolute atomic E-state index is 0.000146. The van der Waals surface area contributed by atoms with Crippen molar-refractivity contribution in [1.29, 1.82) is 0 Å². The van der Waals surface area contributed by atoms with Gasteiger partial charge in [0.05, 0.1) is 5.56 Å². The molecule has 1 N–H and O–H groups in total. The van der Waals surface area contributed by atoms with Crippen LogP contribution >= 0.6 is 0 Å². The number of piperazine rings is 1. The zero-order valence-corrected chi connectivity index (χ0v) is 22.5. The van der Waals surface area contributed by atoms with E-state index in [9.17, 15) is 27.6 Å². The van der Waals surface area contributed by atoms with Crippen LogP contribution in [0.2, 0.25) is 0 Å². The molecule has 0 spiro atoms. The summed E-state index contributed by atoms with van der Waals surface area (Å²) in [5, 5.41) is 6.55.